The van der Waals surface area contributed by atoms with E-state index in [1.807, 2.05) is 6.08 Å². The molecule has 1 rings (SSSR count). The van der Waals surface area contributed by atoms with Crippen LogP contribution < -0.4 is 0 Å². The monoisotopic (exact) mass is 290 g/mol. The predicted molar refractivity (Wildman–Crippen MR) is 68.0 cm³/mol. The number of allylic oxidation sites excluding steroid dienone is 1. The topological polar surface area (TPSA) is 0 Å². The molecule has 1 aromatic carbocycles. The van der Waals surface area contributed by atoms with Crippen LogP contribution in [0.25, 0.3) is 6.08 Å². The smallest absolute Gasteiger partial charge is 0.148 e. The fourth-order valence-electron chi connectivity index (χ4n) is 1.19. The van der Waals surface area contributed by atoms with Gasteiger partial charge in [-0.1, -0.05) is 65.2 Å². The molecule has 0 aromatic heterocycles. The van der Waals surface area contributed by atoms with E-state index >= 15 is 0 Å². The quantitative estimate of drug-likeness (QED) is 0.694. The van der Waals surface area contributed by atoms with E-state index in [0.717, 1.165) is 10.9 Å². The van der Waals surface area contributed by atoms with Crippen LogP contribution in [0.4, 0.5) is 4.39 Å². The minimum absolute atomic E-state index is 0.168. The summed E-state index contributed by atoms with van der Waals surface area (Å²) in [6.45, 7) is 4.16. The van der Waals surface area contributed by atoms with E-state index in [-0.39, 0.29) is 10.8 Å². The first-order valence-electron chi connectivity index (χ1n) is 4.76. The zero-order valence-corrected chi connectivity index (χ0v) is 11.1. The summed E-state index contributed by atoms with van der Waals surface area (Å²) in [6, 6.07) is 5.03. The van der Waals surface area contributed by atoms with E-state index in [4.69, 9.17) is 11.6 Å². The molecular weight excluding hydrogens is 278 g/mol. The van der Waals surface area contributed by atoms with E-state index in [1.165, 1.54) is 0 Å². The molecule has 3 heteroatoms. The Hall–Kier alpha value is -0.340. The van der Waals surface area contributed by atoms with Crippen LogP contribution in [0.15, 0.2) is 23.8 Å². The third kappa shape index (κ3) is 3.32. The van der Waals surface area contributed by atoms with Gasteiger partial charge >= 0.3 is 0 Å². The summed E-state index contributed by atoms with van der Waals surface area (Å²) in [5, 5.41) is 0.915. The van der Waals surface area contributed by atoms with Crippen molar-refractivity contribution in [3.05, 3.63) is 40.2 Å². The average molecular weight is 292 g/mol. The zero-order valence-electron chi connectivity index (χ0n) is 8.73. The lowest BCUT2D eigenvalue weighted by atomic mass is 10.0. The number of benzene rings is 1. The maximum absolute atomic E-state index is 13.6. The molecule has 0 fully saturated rings. The number of hydrogen-bond acceptors (Lipinski definition) is 0. The molecule has 0 aliphatic carbocycles. The molecule has 0 spiro atoms. The van der Waals surface area contributed by atoms with Crippen LogP contribution in [-0.4, -0.2) is 5.33 Å². The van der Waals surface area contributed by atoms with Gasteiger partial charge in [0.05, 0.1) is 5.02 Å². The average Bonchev–Trinajstić information content (AvgIpc) is 2.19. The first-order chi connectivity index (χ1) is 7.06. The fraction of sp³-hybridized carbons (Fsp3) is 0.333. The fourth-order valence-corrected chi connectivity index (χ4v) is 2.18. The van der Waals surface area contributed by atoms with Gasteiger partial charge in [0, 0.05) is 10.9 Å². The Morgan fingerprint density at radius 2 is 2.20 bits per heavy atom. The van der Waals surface area contributed by atoms with Crippen molar-refractivity contribution in [1.29, 1.82) is 0 Å². The van der Waals surface area contributed by atoms with Gasteiger partial charge in [0.25, 0.3) is 0 Å². The van der Waals surface area contributed by atoms with Gasteiger partial charge in [0.15, 0.2) is 0 Å². The molecule has 82 valence electrons. The van der Waals surface area contributed by atoms with Crippen LogP contribution in [0, 0.1) is 11.7 Å². The number of rotatable bonds is 3. The number of alkyl halides is 1. The van der Waals surface area contributed by atoms with Crippen LogP contribution in [0.1, 0.15) is 19.4 Å². The van der Waals surface area contributed by atoms with E-state index < -0.39 is 0 Å². The zero-order chi connectivity index (χ0) is 11.4. The molecule has 0 atom stereocenters. The standard InChI is InChI=1S/C12H13BrClF/c1-8(2)10(7-13)6-9-4-3-5-11(14)12(9)15/h3-6,8H,7H2,1-2H3/b10-6+. The van der Waals surface area contributed by atoms with Crippen molar-refractivity contribution in [3.63, 3.8) is 0 Å². The normalized spacial score (nSPS) is 12.3. The van der Waals surface area contributed by atoms with Gasteiger partial charge in [0.1, 0.15) is 5.82 Å². The molecule has 0 saturated carbocycles. The molecule has 0 heterocycles. The molecule has 0 aliphatic heterocycles. The second kappa shape index (κ2) is 5.66. The Labute approximate surface area is 103 Å². The molecule has 0 saturated heterocycles. The summed E-state index contributed by atoms with van der Waals surface area (Å²) in [5.41, 5.74) is 1.70. The van der Waals surface area contributed by atoms with Crippen molar-refractivity contribution < 1.29 is 4.39 Å². The van der Waals surface area contributed by atoms with Crippen molar-refractivity contribution in [2.45, 2.75) is 13.8 Å². The summed E-state index contributed by atoms with van der Waals surface area (Å²) < 4.78 is 13.6. The summed E-state index contributed by atoms with van der Waals surface area (Å²) in [6.07, 6.45) is 1.85. The molecular formula is C12H13BrClF. The van der Waals surface area contributed by atoms with Gasteiger partial charge in [-0.05, 0) is 12.0 Å². The Balaban J connectivity index is 3.11. The second-order valence-corrected chi connectivity index (χ2v) is 4.62. The highest BCUT2D eigenvalue weighted by Crippen LogP contribution is 2.22. The molecule has 0 bridgehead atoms. The summed E-state index contributed by atoms with van der Waals surface area (Å²) in [7, 11) is 0. The third-order valence-electron chi connectivity index (χ3n) is 2.22. The highest BCUT2D eigenvalue weighted by Gasteiger charge is 2.06. The highest BCUT2D eigenvalue weighted by molar-refractivity contribution is 9.09. The summed E-state index contributed by atoms with van der Waals surface area (Å²) in [5.74, 6) is 0.0426. The van der Waals surface area contributed by atoms with Crippen LogP contribution in [0.3, 0.4) is 0 Å². The van der Waals surface area contributed by atoms with Crippen LogP contribution >= 0.6 is 27.5 Å². The predicted octanol–water partition coefficient (Wildman–Crippen LogP) is 4.91. The van der Waals surface area contributed by atoms with Gasteiger partial charge in [-0.3, -0.25) is 0 Å². The Morgan fingerprint density at radius 3 is 2.73 bits per heavy atom. The lowest BCUT2D eigenvalue weighted by molar-refractivity contribution is 0.625. The van der Waals surface area contributed by atoms with Gasteiger partial charge in [-0.25, -0.2) is 4.39 Å². The maximum Gasteiger partial charge on any atom is 0.148 e. The highest BCUT2D eigenvalue weighted by atomic mass is 79.9. The lowest BCUT2D eigenvalue weighted by Gasteiger charge is -2.08. The Kier molecular flexibility index (Phi) is 4.81. The minimum atomic E-state index is -0.349. The van der Waals surface area contributed by atoms with Crippen LogP contribution in [0.2, 0.25) is 5.02 Å². The van der Waals surface area contributed by atoms with E-state index in [9.17, 15) is 4.39 Å². The molecule has 0 nitrogen and oxygen atoms in total. The van der Waals surface area contributed by atoms with E-state index in [1.54, 1.807) is 18.2 Å². The molecule has 15 heavy (non-hydrogen) atoms. The van der Waals surface area contributed by atoms with Gasteiger partial charge in [-0.15, -0.1) is 0 Å². The molecule has 1 aromatic rings. The number of hydrogen-bond donors (Lipinski definition) is 0. The largest absolute Gasteiger partial charge is 0.205 e. The molecule has 0 unspecified atom stereocenters. The van der Waals surface area contributed by atoms with Crippen LogP contribution in [0.5, 0.6) is 0 Å². The minimum Gasteiger partial charge on any atom is -0.205 e. The van der Waals surface area contributed by atoms with Crippen LogP contribution in [-0.2, 0) is 0 Å². The summed E-state index contributed by atoms with van der Waals surface area (Å²) >= 11 is 9.10. The molecule has 0 radical (unpaired) electrons. The SMILES string of the molecule is CC(C)/C(=C/c1cccc(Cl)c1F)CBr. The van der Waals surface area contributed by atoms with Crippen molar-refractivity contribution in [1.82, 2.24) is 0 Å². The number of halogens is 3. The Morgan fingerprint density at radius 1 is 1.53 bits per heavy atom. The van der Waals surface area contributed by atoms with E-state index in [2.05, 4.69) is 29.8 Å². The first kappa shape index (κ1) is 12.7. The first-order valence-corrected chi connectivity index (χ1v) is 6.26. The molecule has 0 aliphatic rings. The van der Waals surface area contributed by atoms with Crippen molar-refractivity contribution in [2.75, 3.05) is 5.33 Å². The van der Waals surface area contributed by atoms with Gasteiger partial charge in [-0.2, -0.15) is 0 Å². The molecule has 0 N–H and O–H groups in total. The van der Waals surface area contributed by atoms with Crippen molar-refractivity contribution in [2.24, 2.45) is 5.92 Å². The third-order valence-corrected chi connectivity index (χ3v) is 3.16. The van der Waals surface area contributed by atoms with Crippen molar-refractivity contribution >= 4 is 33.6 Å². The summed E-state index contributed by atoms with van der Waals surface area (Å²) in [4.78, 5) is 0. The van der Waals surface area contributed by atoms with Gasteiger partial charge < -0.3 is 0 Å². The molecule has 0 amide bonds. The van der Waals surface area contributed by atoms with Gasteiger partial charge in [0.2, 0.25) is 0 Å². The van der Waals surface area contributed by atoms with Crippen molar-refractivity contribution in [3.8, 4) is 0 Å². The second-order valence-electron chi connectivity index (χ2n) is 3.65. The Bertz CT molecular complexity index is 372. The lowest BCUT2D eigenvalue weighted by Crippen LogP contribution is -1.96. The maximum atomic E-state index is 13.6. The van der Waals surface area contributed by atoms with E-state index in [0.29, 0.717) is 11.5 Å².